The van der Waals surface area contributed by atoms with Crippen LogP contribution < -0.4 is 5.73 Å². The summed E-state index contributed by atoms with van der Waals surface area (Å²) in [6.07, 6.45) is 0. The summed E-state index contributed by atoms with van der Waals surface area (Å²) in [4.78, 5) is 3.29. The normalized spacial score (nSPS) is 10.8. The summed E-state index contributed by atoms with van der Waals surface area (Å²) < 4.78 is 1.26. The third-order valence-corrected chi connectivity index (χ3v) is 3.32. The Balaban J connectivity index is 2.88. The van der Waals surface area contributed by atoms with E-state index in [0.717, 1.165) is 11.2 Å². The maximum absolute atomic E-state index is 5.68. The zero-order valence-electron chi connectivity index (χ0n) is 6.69. The monoisotopic (exact) mass is 272 g/mol. The predicted molar refractivity (Wildman–Crippen MR) is 60.2 cm³/mol. The van der Waals surface area contributed by atoms with Crippen molar-refractivity contribution < 1.29 is 0 Å². The molecule has 1 aromatic heterocycles. The van der Waals surface area contributed by atoms with Crippen LogP contribution in [0.25, 0.3) is 10.9 Å². The predicted octanol–water partition coefficient (Wildman–Crippen LogP) is 2.66. The van der Waals surface area contributed by atoms with Crippen LogP contribution >= 0.6 is 22.6 Å². The molecule has 0 bridgehead atoms. The molecule has 0 amide bonds. The largest absolute Gasteiger partial charge is 0.399 e. The zero-order chi connectivity index (χ0) is 8.72. The van der Waals surface area contributed by atoms with Crippen LogP contribution in [0.3, 0.4) is 0 Å². The molecule has 3 N–H and O–H groups in total. The van der Waals surface area contributed by atoms with E-state index in [4.69, 9.17) is 5.73 Å². The molecule has 2 rings (SSSR count). The number of aromatic amines is 1. The third-order valence-electron chi connectivity index (χ3n) is 1.93. The number of rotatable bonds is 0. The third kappa shape index (κ3) is 1.08. The lowest BCUT2D eigenvalue weighted by Crippen LogP contribution is -1.82. The zero-order valence-corrected chi connectivity index (χ0v) is 8.84. The van der Waals surface area contributed by atoms with Crippen molar-refractivity contribution in [2.45, 2.75) is 6.92 Å². The smallest absolute Gasteiger partial charge is 0.0468 e. The van der Waals surface area contributed by atoms with Gasteiger partial charge in [0.2, 0.25) is 0 Å². The number of fused-ring (bicyclic) bond motifs is 1. The fourth-order valence-electron chi connectivity index (χ4n) is 1.31. The molecule has 0 radical (unpaired) electrons. The Labute approximate surface area is 84.3 Å². The second-order valence-corrected chi connectivity index (χ2v) is 3.95. The van der Waals surface area contributed by atoms with Crippen LogP contribution in [0.1, 0.15) is 5.69 Å². The van der Waals surface area contributed by atoms with E-state index in [9.17, 15) is 0 Å². The molecule has 0 aliphatic heterocycles. The molecule has 0 aliphatic rings. The van der Waals surface area contributed by atoms with Crippen molar-refractivity contribution in [1.82, 2.24) is 4.98 Å². The molecule has 0 fully saturated rings. The van der Waals surface area contributed by atoms with E-state index in [1.54, 1.807) is 0 Å². The molecule has 2 nitrogen and oxygen atoms in total. The maximum atomic E-state index is 5.68. The van der Waals surface area contributed by atoms with Gasteiger partial charge in [0.1, 0.15) is 0 Å². The standard InChI is InChI=1S/C9H9IN2/c1-5-9(10)7-4-6(11)2-3-8(7)12-5/h2-4,12H,11H2,1H3. The van der Waals surface area contributed by atoms with Crippen LogP contribution in [-0.2, 0) is 0 Å². The van der Waals surface area contributed by atoms with Crippen LogP contribution in [0.4, 0.5) is 5.69 Å². The van der Waals surface area contributed by atoms with Gasteiger partial charge >= 0.3 is 0 Å². The van der Waals surface area contributed by atoms with Crippen molar-refractivity contribution in [1.29, 1.82) is 0 Å². The lowest BCUT2D eigenvalue weighted by atomic mass is 10.2. The Morgan fingerprint density at radius 2 is 2.17 bits per heavy atom. The Kier molecular flexibility index (Phi) is 1.75. The van der Waals surface area contributed by atoms with Crippen LogP contribution in [0.2, 0.25) is 0 Å². The molecular formula is C9H9IN2. The van der Waals surface area contributed by atoms with Crippen molar-refractivity contribution in [2.75, 3.05) is 5.73 Å². The van der Waals surface area contributed by atoms with E-state index < -0.39 is 0 Å². The molecule has 0 saturated carbocycles. The Bertz CT molecular complexity index is 431. The van der Waals surface area contributed by atoms with E-state index in [1.165, 1.54) is 14.7 Å². The maximum Gasteiger partial charge on any atom is 0.0468 e. The average Bonchev–Trinajstić information content (AvgIpc) is 2.31. The number of nitrogens with two attached hydrogens (primary N) is 1. The van der Waals surface area contributed by atoms with Crippen molar-refractivity contribution in [3.8, 4) is 0 Å². The first-order chi connectivity index (χ1) is 5.68. The Hall–Kier alpha value is -0.710. The molecule has 3 heteroatoms. The van der Waals surface area contributed by atoms with Crippen molar-refractivity contribution in [3.63, 3.8) is 0 Å². The molecule has 12 heavy (non-hydrogen) atoms. The number of halogens is 1. The highest BCUT2D eigenvalue weighted by atomic mass is 127. The molecule has 2 aromatic rings. The lowest BCUT2D eigenvalue weighted by molar-refractivity contribution is 1.28. The summed E-state index contributed by atoms with van der Waals surface area (Å²) in [5.74, 6) is 0. The van der Waals surface area contributed by atoms with Crippen LogP contribution in [0.5, 0.6) is 0 Å². The average molecular weight is 272 g/mol. The fraction of sp³-hybridized carbons (Fsp3) is 0.111. The molecule has 0 atom stereocenters. The van der Waals surface area contributed by atoms with E-state index >= 15 is 0 Å². The number of nitrogens with one attached hydrogen (secondary N) is 1. The van der Waals surface area contributed by atoms with Crippen molar-refractivity contribution in [2.24, 2.45) is 0 Å². The number of hydrogen-bond donors (Lipinski definition) is 2. The first-order valence-corrected chi connectivity index (χ1v) is 4.79. The van der Waals surface area contributed by atoms with Gasteiger partial charge in [-0.25, -0.2) is 0 Å². The topological polar surface area (TPSA) is 41.8 Å². The first-order valence-electron chi connectivity index (χ1n) is 3.72. The van der Waals surface area contributed by atoms with Gasteiger partial charge in [0.05, 0.1) is 0 Å². The quantitative estimate of drug-likeness (QED) is 0.562. The minimum atomic E-state index is 0.819. The van der Waals surface area contributed by atoms with Gasteiger partial charge in [0, 0.05) is 25.9 Å². The molecule has 62 valence electrons. The minimum Gasteiger partial charge on any atom is -0.399 e. The fourth-order valence-corrected chi connectivity index (χ4v) is 1.89. The van der Waals surface area contributed by atoms with Crippen LogP contribution in [-0.4, -0.2) is 4.98 Å². The summed E-state index contributed by atoms with van der Waals surface area (Å²) in [6.45, 7) is 2.07. The van der Waals surface area contributed by atoms with Gasteiger partial charge in [-0.3, -0.25) is 0 Å². The van der Waals surface area contributed by atoms with Gasteiger partial charge in [-0.15, -0.1) is 0 Å². The first kappa shape index (κ1) is 7.91. The van der Waals surface area contributed by atoms with Gasteiger partial charge in [0.25, 0.3) is 0 Å². The van der Waals surface area contributed by atoms with Gasteiger partial charge in [-0.2, -0.15) is 0 Å². The van der Waals surface area contributed by atoms with Gasteiger partial charge in [0.15, 0.2) is 0 Å². The highest BCUT2D eigenvalue weighted by molar-refractivity contribution is 14.1. The van der Waals surface area contributed by atoms with Crippen molar-refractivity contribution in [3.05, 3.63) is 27.5 Å². The number of H-pyrrole nitrogens is 1. The summed E-state index contributed by atoms with van der Waals surface area (Å²) >= 11 is 2.33. The lowest BCUT2D eigenvalue weighted by Gasteiger charge is -1.92. The number of aryl methyl sites for hydroxylation is 1. The molecule has 1 heterocycles. The van der Waals surface area contributed by atoms with E-state index in [0.29, 0.717) is 0 Å². The summed E-state index contributed by atoms with van der Waals surface area (Å²) in [7, 11) is 0. The van der Waals surface area contributed by atoms with E-state index in [2.05, 4.69) is 34.5 Å². The number of nitrogen functional groups attached to an aromatic ring is 1. The van der Waals surface area contributed by atoms with Crippen LogP contribution in [0, 0.1) is 10.5 Å². The van der Waals surface area contributed by atoms with E-state index in [-0.39, 0.29) is 0 Å². The second kappa shape index (κ2) is 2.65. The Morgan fingerprint density at radius 3 is 2.92 bits per heavy atom. The molecule has 0 unspecified atom stereocenters. The highest BCUT2D eigenvalue weighted by Gasteiger charge is 2.04. The SMILES string of the molecule is Cc1[nH]c2ccc(N)cc2c1I. The number of anilines is 1. The summed E-state index contributed by atoms with van der Waals surface area (Å²) in [5.41, 5.74) is 8.87. The minimum absolute atomic E-state index is 0.819. The van der Waals surface area contributed by atoms with E-state index in [1.807, 2.05) is 18.2 Å². The summed E-state index contributed by atoms with van der Waals surface area (Å²) in [5, 5.41) is 1.22. The number of hydrogen-bond acceptors (Lipinski definition) is 1. The Morgan fingerprint density at radius 1 is 1.42 bits per heavy atom. The van der Waals surface area contributed by atoms with Gasteiger partial charge < -0.3 is 10.7 Å². The highest BCUT2D eigenvalue weighted by Crippen LogP contribution is 2.25. The van der Waals surface area contributed by atoms with Crippen LogP contribution in [0.15, 0.2) is 18.2 Å². The van der Waals surface area contributed by atoms with Gasteiger partial charge in [-0.05, 0) is 47.7 Å². The molecular weight excluding hydrogens is 263 g/mol. The molecule has 0 aliphatic carbocycles. The number of aromatic nitrogens is 1. The molecule has 0 spiro atoms. The molecule has 0 saturated heterocycles. The van der Waals surface area contributed by atoms with Gasteiger partial charge in [-0.1, -0.05) is 0 Å². The second-order valence-electron chi connectivity index (χ2n) is 2.87. The van der Waals surface area contributed by atoms with Crippen molar-refractivity contribution >= 4 is 39.2 Å². The summed E-state index contributed by atoms with van der Waals surface area (Å²) in [6, 6.07) is 5.93. The number of benzene rings is 1. The molecule has 1 aromatic carbocycles.